The molecule has 1 aromatic carbocycles. The first kappa shape index (κ1) is 16.4. The molecule has 0 aromatic heterocycles. The van der Waals surface area contributed by atoms with E-state index in [0.29, 0.717) is 24.0 Å². The normalized spacial score (nSPS) is 10.6. The van der Waals surface area contributed by atoms with Crippen molar-refractivity contribution in [1.82, 2.24) is 0 Å². The van der Waals surface area contributed by atoms with Crippen molar-refractivity contribution in [3.8, 4) is 0 Å². The van der Waals surface area contributed by atoms with Crippen LogP contribution in [0.3, 0.4) is 0 Å². The van der Waals surface area contributed by atoms with E-state index in [0.717, 1.165) is 0 Å². The zero-order valence-electron chi connectivity index (χ0n) is 12.0. The first-order valence-corrected chi connectivity index (χ1v) is 6.39. The van der Waals surface area contributed by atoms with Crippen molar-refractivity contribution in [3.05, 3.63) is 51.1 Å². The number of carbonyl (C=O) groups is 1. The molecule has 0 saturated carbocycles. The van der Waals surface area contributed by atoms with Crippen molar-refractivity contribution in [2.75, 3.05) is 0 Å². The molecule has 4 N–H and O–H groups in total. The lowest BCUT2D eigenvalue weighted by atomic mass is 9.99. The van der Waals surface area contributed by atoms with Gasteiger partial charge in [-0.2, -0.15) is 4.99 Å². The molecule has 0 aliphatic rings. The van der Waals surface area contributed by atoms with E-state index in [1.54, 1.807) is 13.0 Å². The number of rotatable bonds is 5. The maximum Gasteiger partial charge on any atom is 0.280 e. The summed E-state index contributed by atoms with van der Waals surface area (Å²) >= 11 is 0. The first-order valence-electron chi connectivity index (χ1n) is 6.39. The van der Waals surface area contributed by atoms with Crippen molar-refractivity contribution in [3.63, 3.8) is 0 Å². The standard InChI is InChI=1S/C14H18N4O3/c1-3-4-5-6-10-7-9(2)11(8-12(10)18(20)21)13(19)17-14(15)16/h3-4,7-8H,5-6H2,1-2H3,(H4,15,16,17,19)/b4-3+. The highest BCUT2D eigenvalue weighted by molar-refractivity contribution is 6.03. The summed E-state index contributed by atoms with van der Waals surface area (Å²) in [5.74, 6) is -1.06. The topological polar surface area (TPSA) is 125 Å². The molecule has 0 saturated heterocycles. The number of hydrogen-bond donors (Lipinski definition) is 2. The first-order chi connectivity index (χ1) is 9.86. The summed E-state index contributed by atoms with van der Waals surface area (Å²) in [6.07, 6.45) is 5.03. The summed E-state index contributed by atoms with van der Waals surface area (Å²) < 4.78 is 0. The van der Waals surface area contributed by atoms with Crippen LogP contribution < -0.4 is 11.5 Å². The van der Waals surface area contributed by atoms with Gasteiger partial charge < -0.3 is 11.5 Å². The highest BCUT2D eigenvalue weighted by Crippen LogP contribution is 2.25. The number of hydrogen-bond acceptors (Lipinski definition) is 3. The number of nitro groups is 1. The number of nitro benzene ring substituents is 1. The van der Waals surface area contributed by atoms with Crippen LogP contribution >= 0.6 is 0 Å². The molecule has 0 heterocycles. The van der Waals surface area contributed by atoms with E-state index in [1.807, 2.05) is 19.1 Å². The van der Waals surface area contributed by atoms with E-state index >= 15 is 0 Å². The third-order valence-electron chi connectivity index (χ3n) is 2.90. The van der Waals surface area contributed by atoms with Gasteiger partial charge in [0.25, 0.3) is 11.6 Å². The molecular weight excluding hydrogens is 272 g/mol. The molecule has 0 bridgehead atoms. The van der Waals surface area contributed by atoms with Gasteiger partial charge in [0.05, 0.1) is 10.5 Å². The number of nitrogens with zero attached hydrogens (tertiary/aromatic N) is 2. The summed E-state index contributed by atoms with van der Waals surface area (Å²) in [6, 6.07) is 2.87. The maximum atomic E-state index is 11.8. The Bertz CT molecular complexity index is 617. The fourth-order valence-electron chi connectivity index (χ4n) is 1.94. The van der Waals surface area contributed by atoms with Gasteiger partial charge in [-0.3, -0.25) is 14.9 Å². The Labute approximate surface area is 122 Å². The quantitative estimate of drug-likeness (QED) is 0.281. The van der Waals surface area contributed by atoms with E-state index in [-0.39, 0.29) is 17.2 Å². The maximum absolute atomic E-state index is 11.8. The minimum atomic E-state index is -0.685. The minimum absolute atomic E-state index is 0.0979. The molecule has 0 unspecified atom stereocenters. The number of nitrogens with two attached hydrogens (primary N) is 2. The molecule has 0 atom stereocenters. The smallest absolute Gasteiger partial charge is 0.280 e. The summed E-state index contributed by atoms with van der Waals surface area (Å²) in [4.78, 5) is 25.9. The Kier molecular flexibility index (Phi) is 5.59. The second kappa shape index (κ2) is 7.18. The fourth-order valence-corrected chi connectivity index (χ4v) is 1.94. The highest BCUT2D eigenvalue weighted by Gasteiger charge is 2.19. The van der Waals surface area contributed by atoms with E-state index in [4.69, 9.17) is 11.5 Å². The van der Waals surface area contributed by atoms with Crippen molar-refractivity contribution in [2.24, 2.45) is 16.5 Å². The van der Waals surface area contributed by atoms with Gasteiger partial charge in [-0.15, -0.1) is 0 Å². The molecule has 0 aliphatic carbocycles. The second-order valence-electron chi connectivity index (χ2n) is 4.50. The average Bonchev–Trinajstić information content (AvgIpc) is 2.37. The van der Waals surface area contributed by atoms with E-state index < -0.39 is 10.8 Å². The number of benzene rings is 1. The van der Waals surface area contributed by atoms with Crippen molar-refractivity contribution >= 4 is 17.6 Å². The predicted molar refractivity (Wildman–Crippen MR) is 81.1 cm³/mol. The molecule has 21 heavy (non-hydrogen) atoms. The Morgan fingerprint density at radius 3 is 2.62 bits per heavy atom. The van der Waals surface area contributed by atoms with Crippen molar-refractivity contribution in [2.45, 2.75) is 26.7 Å². The molecular formula is C14H18N4O3. The van der Waals surface area contributed by atoms with Gasteiger partial charge in [0.1, 0.15) is 0 Å². The van der Waals surface area contributed by atoms with Crippen LogP contribution in [0.5, 0.6) is 0 Å². The van der Waals surface area contributed by atoms with Crippen molar-refractivity contribution < 1.29 is 9.72 Å². The Hall–Kier alpha value is -2.70. The van der Waals surface area contributed by atoms with Gasteiger partial charge in [0, 0.05) is 11.6 Å². The third-order valence-corrected chi connectivity index (χ3v) is 2.90. The molecule has 7 heteroatoms. The van der Waals surface area contributed by atoms with Crippen LogP contribution in [-0.2, 0) is 6.42 Å². The average molecular weight is 290 g/mol. The second-order valence-corrected chi connectivity index (χ2v) is 4.50. The van der Waals surface area contributed by atoms with Gasteiger partial charge in [0.15, 0.2) is 5.96 Å². The molecule has 112 valence electrons. The van der Waals surface area contributed by atoms with Crippen molar-refractivity contribution in [1.29, 1.82) is 0 Å². The molecule has 0 radical (unpaired) electrons. The SMILES string of the molecule is C/C=C/CCc1cc(C)c(C(=O)N=C(N)N)cc1[N+](=O)[O-]. The molecule has 0 aliphatic heterocycles. The summed E-state index contributed by atoms with van der Waals surface area (Å²) in [5, 5.41) is 11.2. The summed E-state index contributed by atoms with van der Waals surface area (Å²) in [5.41, 5.74) is 11.5. The van der Waals surface area contributed by atoms with Crippen LogP contribution in [0.4, 0.5) is 5.69 Å². The van der Waals surface area contributed by atoms with Crippen LogP contribution in [0.25, 0.3) is 0 Å². The lowest BCUT2D eigenvalue weighted by molar-refractivity contribution is -0.385. The van der Waals surface area contributed by atoms with Gasteiger partial charge in [0.2, 0.25) is 0 Å². The molecule has 0 spiro atoms. The zero-order valence-corrected chi connectivity index (χ0v) is 12.0. The van der Waals surface area contributed by atoms with Gasteiger partial charge in [-0.05, 0) is 38.3 Å². The van der Waals surface area contributed by atoms with Gasteiger partial charge in [-0.25, -0.2) is 0 Å². The minimum Gasteiger partial charge on any atom is -0.370 e. The molecule has 7 nitrogen and oxygen atoms in total. The van der Waals surface area contributed by atoms with Gasteiger partial charge >= 0.3 is 0 Å². The number of aliphatic imine (C=N–C) groups is 1. The number of aryl methyl sites for hydroxylation is 2. The van der Waals surface area contributed by atoms with E-state index in [2.05, 4.69) is 4.99 Å². The summed E-state index contributed by atoms with van der Waals surface area (Å²) in [6.45, 7) is 3.58. The lowest BCUT2D eigenvalue weighted by Gasteiger charge is -2.07. The van der Waals surface area contributed by atoms with Crippen LogP contribution in [-0.4, -0.2) is 16.8 Å². The highest BCUT2D eigenvalue weighted by atomic mass is 16.6. The van der Waals surface area contributed by atoms with Crippen LogP contribution in [0.1, 0.15) is 34.8 Å². The van der Waals surface area contributed by atoms with E-state index in [1.165, 1.54) is 6.07 Å². The molecule has 0 fully saturated rings. The number of guanidine groups is 1. The Morgan fingerprint density at radius 1 is 1.43 bits per heavy atom. The van der Waals surface area contributed by atoms with E-state index in [9.17, 15) is 14.9 Å². The Balaban J connectivity index is 3.26. The monoisotopic (exact) mass is 290 g/mol. The Morgan fingerprint density at radius 2 is 2.10 bits per heavy atom. The lowest BCUT2D eigenvalue weighted by Crippen LogP contribution is -2.24. The number of amides is 1. The molecule has 1 aromatic rings. The van der Waals surface area contributed by atoms with Crippen LogP contribution in [0, 0.1) is 17.0 Å². The zero-order chi connectivity index (χ0) is 16.0. The largest absolute Gasteiger partial charge is 0.370 e. The molecule has 1 amide bonds. The predicted octanol–water partition coefficient (Wildman–Crippen LogP) is 1.83. The van der Waals surface area contributed by atoms with Crippen LogP contribution in [0.15, 0.2) is 29.3 Å². The number of carbonyl (C=O) groups excluding carboxylic acids is 1. The third kappa shape index (κ3) is 4.41. The number of allylic oxidation sites excluding steroid dienone is 2. The summed E-state index contributed by atoms with van der Waals surface area (Å²) in [7, 11) is 0. The molecule has 1 rings (SSSR count). The fraction of sp³-hybridized carbons (Fsp3) is 0.286. The van der Waals surface area contributed by atoms with Crippen LogP contribution in [0.2, 0.25) is 0 Å². The van der Waals surface area contributed by atoms with Gasteiger partial charge in [-0.1, -0.05) is 12.2 Å².